The molecule has 0 aliphatic carbocycles. The molecule has 0 aliphatic rings. The monoisotopic (exact) mass is 598 g/mol. The van der Waals surface area contributed by atoms with Gasteiger partial charge in [0.25, 0.3) is 0 Å². The number of carbonyl (C=O) groups is 2. The van der Waals surface area contributed by atoms with Crippen molar-refractivity contribution in [2.75, 3.05) is 19.3 Å². The number of halogens is 1. The van der Waals surface area contributed by atoms with Crippen LogP contribution in [0.25, 0.3) is 0 Å². The van der Waals surface area contributed by atoms with E-state index in [-0.39, 0.29) is 22.9 Å². The highest BCUT2D eigenvalue weighted by Gasteiger charge is 2.44. The molecule has 0 spiro atoms. The van der Waals surface area contributed by atoms with Gasteiger partial charge in [0, 0.05) is 19.5 Å². The van der Waals surface area contributed by atoms with Gasteiger partial charge in [0.1, 0.15) is 28.8 Å². The van der Waals surface area contributed by atoms with Crippen molar-refractivity contribution in [3.63, 3.8) is 0 Å². The number of nitrogens with one attached hydrogen (secondary N) is 2. The first-order valence-corrected chi connectivity index (χ1v) is 15.1. The minimum atomic E-state index is -1.85. The standard InChI is InChI=1S/C31H39N2O3P.BrH/c1-31(2,3)36-30(35)33-24-15-23-32-29(34)22-13-14-25-37(26-16-7-4-8-17-26,27-18-9-5-10-19-27)28-20-11-6-12-21-28;/h4-12,16-21H,13-15,22-25H2,1-3H3,(H-,32,33,34,35);1H. The molecule has 0 radical (unpaired) electrons. The van der Waals surface area contributed by atoms with Gasteiger partial charge in [-0.1, -0.05) is 54.6 Å². The largest absolute Gasteiger partial charge is 1.00 e. The van der Waals surface area contributed by atoms with Crippen molar-refractivity contribution in [3.05, 3.63) is 91.0 Å². The Kier molecular flexibility index (Phi) is 13.0. The van der Waals surface area contributed by atoms with Crippen molar-refractivity contribution in [1.82, 2.24) is 10.6 Å². The lowest BCUT2D eigenvalue weighted by Gasteiger charge is -2.27. The van der Waals surface area contributed by atoms with Crippen LogP contribution in [-0.2, 0) is 9.53 Å². The summed E-state index contributed by atoms with van der Waals surface area (Å²) in [6.07, 6.45) is 3.53. The first-order valence-electron chi connectivity index (χ1n) is 13.1. The molecule has 38 heavy (non-hydrogen) atoms. The first-order chi connectivity index (χ1) is 17.8. The fourth-order valence-corrected chi connectivity index (χ4v) is 8.84. The molecule has 2 amide bonds. The molecule has 0 heterocycles. The molecule has 3 rings (SSSR count). The molecule has 7 heteroatoms. The van der Waals surface area contributed by atoms with Crippen molar-refractivity contribution >= 4 is 35.2 Å². The van der Waals surface area contributed by atoms with E-state index >= 15 is 0 Å². The summed E-state index contributed by atoms with van der Waals surface area (Å²) in [4.78, 5) is 24.1. The van der Waals surface area contributed by atoms with E-state index in [0.717, 1.165) is 19.0 Å². The summed E-state index contributed by atoms with van der Waals surface area (Å²) in [7, 11) is -1.85. The predicted octanol–water partition coefficient (Wildman–Crippen LogP) is 2.19. The van der Waals surface area contributed by atoms with Gasteiger partial charge >= 0.3 is 6.09 Å². The maximum Gasteiger partial charge on any atom is 0.407 e. The summed E-state index contributed by atoms with van der Waals surface area (Å²) < 4.78 is 5.22. The van der Waals surface area contributed by atoms with Gasteiger partial charge in [-0.2, -0.15) is 0 Å². The molecule has 5 nitrogen and oxygen atoms in total. The molecule has 2 N–H and O–H groups in total. The summed E-state index contributed by atoms with van der Waals surface area (Å²) in [5, 5.41) is 9.80. The van der Waals surface area contributed by atoms with Crippen molar-refractivity contribution < 1.29 is 31.3 Å². The van der Waals surface area contributed by atoms with Gasteiger partial charge in [-0.3, -0.25) is 4.79 Å². The van der Waals surface area contributed by atoms with Crippen LogP contribution in [0.4, 0.5) is 4.79 Å². The Morgan fingerprint density at radius 3 is 1.58 bits per heavy atom. The molecule has 0 saturated carbocycles. The van der Waals surface area contributed by atoms with Crippen molar-refractivity contribution in [2.45, 2.75) is 52.1 Å². The molecule has 204 valence electrons. The van der Waals surface area contributed by atoms with E-state index in [1.807, 2.05) is 20.8 Å². The van der Waals surface area contributed by atoms with Crippen LogP contribution >= 0.6 is 7.26 Å². The summed E-state index contributed by atoms with van der Waals surface area (Å²) >= 11 is 0. The van der Waals surface area contributed by atoms with E-state index in [4.69, 9.17) is 4.74 Å². The Hall–Kier alpha value is -2.69. The Bertz CT molecular complexity index is 1010. The molecule has 0 saturated heterocycles. The number of hydrogen-bond acceptors (Lipinski definition) is 3. The van der Waals surface area contributed by atoms with Crippen LogP contribution in [0.2, 0.25) is 0 Å². The van der Waals surface area contributed by atoms with E-state index in [9.17, 15) is 9.59 Å². The normalized spacial score (nSPS) is 11.2. The molecule has 0 aromatic heterocycles. The van der Waals surface area contributed by atoms with E-state index in [1.54, 1.807) is 0 Å². The predicted molar refractivity (Wildman–Crippen MR) is 156 cm³/mol. The van der Waals surface area contributed by atoms with Crippen molar-refractivity contribution in [2.24, 2.45) is 0 Å². The number of hydrogen-bond donors (Lipinski definition) is 2. The number of alkyl carbamates (subject to hydrolysis) is 1. The maximum atomic E-state index is 12.4. The quantitative estimate of drug-likeness (QED) is 0.248. The minimum Gasteiger partial charge on any atom is -1.00 e. The zero-order valence-corrected chi connectivity index (χ0v) is 25.1. The van der Waals surface area contributed by atoms with E-state index in [1.165, 1.54) is 15.9 Å². The second-order valence-electron chi connectivity index (χ2n) is 10.1. The molecule has 3 aromatic rings. The SMILES string of the molecule is CC(C)(C)OC(=O)NCCCNC(=O)CCCC[P+](c1ccccc1)(c1ccccc1)c1ccccc1.[Br-]. The Morgan fingerprint density at radius 1 is 0.684 bits per heavy atom. The minimum absolute atomic E-state index is 0. The summed E-state index contributed by atoms with van der Waals surface area (Å²) in [5.74, 6) is 0.0559. The van der Waals surface area contributed by atoms with Gasteiger partial charge in [0.2, 0.25) is 5.91 Å². The molecular weight excluding hydrogens is 559 g/mol. The third-order valence-electron chi connectivity index (χ3n) is 6.08. The average molecular weight is 600 g/mol. The number of ether oxygens (including phenoxy) is 1. The van der Waals surface area contributed by atoms with Crippen LogP contribution in [0.5, 0.6) is 0 Å². The Morgan fingerprint density at radius 2 is 1.13 bits per heavy atom. The number of rotatable bonds is 12. The van der Waals surface area contributed by atoms with Gasteiger partial charge in [0.05, 0.1) is 6.16 Å². The Labute approximate surface area is 238 Å². The van der Waals surface area contributed by atoms with Gasteiger partial charge in [0.15, 0.2) is 0 Å². The molecular formula is C31H40BrN2O3P. The molecule has 0 bridgehead atoms. The fraction of sp³-hybridized carbons (Fsp3) is 0.355. The number of carbonyl (C=O) groups excluding carboxylic acids is 2. The summed E-state index contributed by atoms with van der Waals surface area (Å²) in [6, 6.07) is 32.5. The smallest absolute Gasteiger partial charge is 0.407 e. The van der Waals surface area contributed by atoms with Gasteiger partial charge in [-0.25, -0.2) is 4.79 Å². The second-order valence-corrected chi connectivity index (χ2v) is 13.7. The van der Waals surface area contributed by atoms with E-state index in [0.29, 0.717) is 25.9 Å². The van der Waals surface area contributed by atoms with Crippen molar-refractivity contribution in [3.8, 4) is 0 Å². The molecule has 0 atom stereocenters. The lowest BCUT2D eigenvalue weighted by Crippen LogP contribution is -3.00. The third kappa shape index (κ3) is 9.56. The molecule has 0 aliphatic heterocycles. The fourth-order valence-electron chi connectivity index (χ4n) is 4.43. The highest BCUT2D eigenvalue weighted by Crippen LogP contribution is 2.55. The lowest BCUT2D eigenvalue weighted by atomic mass is 10.2. The molecule has 0 unspecified atom stereocenters. The zero-order chi connectivity index (χ0) is 26.6. The van der Waals surface area contributed by atoms with Crippen LogP contribution < -0.4 is 43.5 Å². The highest BCUT2D eigenvalue weighted by atomic mass is 79.9. The third-order valence-corrected chi connectivity index (χ3v) is 10.6. The van der Waals surface area contributed by atoms with Crippen LogP contribution in [0.1, 0.15) is 46.5 Å². The van der Waals surface area contributed by atoms with Gasteiger partial charge in [-0.15, -0.1) is 0 Å². The zero-order valence-electron chi connectivity index (χ0n) is 22.7. The topological polar surface area (TPSA) is 67.4 Å². The number of benzene rings is 3. The summed E-state index contributed by atoms with van der Waals surface area (Å²) in [6.45, 7) is 6.49. The molecule has 3 aromatic carbocycles. The van der Waals surface area contributed by atoms with E-state index in [2.05, 4.69) is 102 Å². The number of unbranched alkanes of at least 4 members (excludes halogenated alkanes) is 1. The van der Waals surface area contributed by atoms with Crippen LogP contribution in [0, 0.1) is 0 Å². The Balaban J connectivity index is 0.00000507. The van der Waals surface area contributed by atoms with Crippen LogP contribution in [0.3, 0.4) is 0 Å². The first kappa shape index (κ1) is 31.5. The van der Waals surface area contributed by atoms with Crippen molar-refractivity contribution in [1.29, 1.82) is 0 Å². The second kappa shape index (κ2) is 15.7. The van der Waals surface area contributed by atoms with Crippen LogP contribution in [0.15, 0.2) is 91.0 Å². The van der Waals surface area contributed by atoms with Crippen LogP contribution in [-0.4, -0.2) is 36.9 Å². The maximum absolute atomic E-state index is 12.4. The highest BCUT2D eigenvalue weighted by molar-refractivity contribution is 7.95. The van der Waals surface area contributed by atoms with Gasteiger partial charge < -0.3 is 32.4 Å². The van der Waals surface area contributed by atoms with Gasteiger partial charge in [-0.05, 0) is 76.4 Å². The average Bonchev–Trinajstić information content (AvgIpc) is 2.89. The lowest BCUT2D eigenvalue weighted by molar-refractivity contribution is -0.121. The summed E-state index contributed by atoms with van der Waals surface area (Å²) in [5.41, 5.74) is -0.514. The van der Waals surface area contributed by atoms with E-state index < -0.39 is 19.0 Å². The molecule has 0 fully saturated rings. The number of amides is 2.